The van der Waals surface area contributed by atoms with Gasteiger partial charge in [0.05, 0.1) is 6.61 Å². The zero-order valence-corrected chi connectivity index (χ0v) is 28.2. The Kier molecular flexibility index (Phi) is 15.4. The van der Waals surface area contributed by atoms with Crippen LogP contribution >= 0.6 is 0 Å². The molecule has 0 aliphatic heterocycles. The lowest BCUT2D eigenvalue weighted by atomic mass is 9.95. The second-order valence-electron chi connectivity index (χ2n) is 13.0. The number of hydrogen-bond acceptors (Lipinski definition) is 5. The van der Waals surface area contributed by atoms with E-state index in [1.807, 2.05) is 70.1 Å². The first-order chi connectivity index (χ1) is 20.8. The summed E-state index contributed by atoms with van der Waals surface area (Å²) in [6.45, 7) is 15.8. The Morgan fingerprint density at radius 2 is 1.64 bits per heavy atom. The molecule has 2 aromatic rings. The lowest BCUT2D eigenvalue weighted by molar-refractivity contribution is -0.131. The summed E-state index contributed by atoms with van der Waals surface area (Å²) in [7, 11) is 3.76. The summed E-state index contributed by atoms with van der Waals surface area (Å²) in [5, 5.41) is 9.52. The molecule has 0 heterocycles. The fourth-order valence-electron chi connectivity index (χ4n) is 5.09. The predicted molar refractivity (Wildman–Crippen MR) is 178 cm³/mol. The van der Waals surface area contributed by atoms with Crippen molar-refractivity contribution in [2.75, 3.05) is 33.8 Å². The molecule has 3 N–H and O–H groups in total. The molecule has 0 spiro atoms. The van der Waals surface area contributed by atoms with E-state index < -0.39 is 12.1 Å². The van der Waals surface area contributed by atoms with Gasteiger partial charge >= 0.3 is 0 Å². The van der Waals surface area contributed by atoms with Gasteiger partial charge in [0.15, 0.2) is 0 Å². The van der Waals surface area contributed by atoms with Gasteiger partial charge in [-0.15, -0.1) is 0 Å². The van der Waals surface area contributed by atoms with Crippen molar-refractivity contribution in [1.82, 2.24) is 20.9 Å². The number of rotatable bonds is 18. The molecular formula is C36H55FN4O3. The van der Waals surface area contributed by atoms with Crippen molar-refractivity contribution in [2.45, 2.75) is 73.4 Å². The van der Waals surface area contributed by atoms with Crippen molar-refractivity contribution in [3.63, 3.8) is 0 Å². The third-order valence-electron chi connectivity index (χ3n) is 7.46. The van der Waals surface area contributed by atoms with Crippen LogP contribution in [0, 0.1) is 29.5 Å². The van der Waals surface area contributed by atoms with Crippen LogP contribution in [0.3, 0.4) is 0 Å². The van der Waals surface area contributed by atoms with Gasteiger partial charge < -0.3 is 25.6 Å². The summed E-state index contributed by atoms with van der Waals surface area (Å²) in [6, 6.07) is 13.4. The highest BCUT2D eigenvalue weighted by Gasteiger charge is 2.29. The van der Waals surface area contributed by atoms with Crippen molar-refractivity contribution in [2.24, 2.45) is 23.7 Å². The molecule has 4 atom stereocenters. The van der Waals surface area contributed by atoms with Crippen LogP contribution in [-0.4, -0.2) is 62.6 Å². The van der Waals surface area contributed by atoms with E-state index in [2.05, 4.69) is 49.7 Å². The lowest BCUT2D eigenvalue weighted by Gasteiger charge is -2.30. The molecule has 0 unspecified atom stereocenters. The van der Waals surface area contributed by atoms with Gasteiger partial charge in [0.2, 0.25) is 11.8 Å². The highest BCUT2D eigenvalue weighted by atomic mass is 19.1. The van der Waals surface area contributed by atoms with Crippen LogP contribution in [0.4, 0.5) is 4.39 Å². The monoisotopic (exact) mass is 610 g/mol. The van der Waals surface area contributed by atoms with E-state index in [1.165, 1.54) is 6.07 Å². The molecular weight excluding hydrogens is 555 g/mol. The molecule has 0 saturated heterocycles. The zero-order chi connectivity index (χ0) is 32.8. The fraction of sp³-hybridized carbons (Fsp3) is 0.556. The number of para-hydroxylation sites is 1. The maximum Gasteiger partial charge on any atom is 0.243 e. The largest absolute Gasteiger partial charge is 0.493 e. The number of hydrogen-bond donors (Lipinski definition) is 3. The van der Waals surface area contributed by atoms with E-state index in [9.17, 15) is 14.0 Å². The van der Waals surface area contributed by atoms with Crippen LogP contribution in [0.2, 0.25) is 0 Å². The highest BCUT2D eigenvalue weighted by molar-refractivity contribution is 5.90. The van der Waals surface area contributed by atoms with Crippen molar-refractivity contribution in [3.8, 4) is 5.75 Å². The molecule has 0 saturated carbocycles. The van der Waals surface area contributed by atoms with Gasteiger partial charge in [0.1, 0.15) is 23.7 Å². The third kappa shape index (κ3) is 12.7. The second kappa shape index (κ2) is 18.4. The Bertz CT molecular complexity index is 1210. The minimum absolute atomic E-state index is 0.0348. The molecule has 0 aliphatic rings. The summed E-state index contributed by atoms with van der Waals surface area (Å²) in [4.78, 5) is 28.9. The smallest absolute Gasteiger partial charge is 0.243 e. The first kappa shape index (κ1) is 36.8. The number of benzene rings is 2. The molecule has 0 radical (unpaired) electrons. The lowest BCUT2D eigenvalue weighted by Crippen LogP contribution is -2.57. The fourth-order valence-corrected chi connectivity index (χ4v) is 5.09. The molecule has 2 aromatic carbocycles. The number of nitrogens with one attached hydrogen (secondary N) is 3. The van der Waals surface area contributed by atoms with Gasteiger partial charge in [0, 0.05) is 18.8 Å². The minimum Gasteiger partial charge on any atom is -0.493 e. The zero-order valence-electron chi connectivity index (χ0n) is 28.2. The highest BCUT2D eigenvalue weighted by Crippen LogP contribution is 2.22. The standard InChI is InChI=1S/C36H55FN4O3/c1-10-31(27(7)19-28-14-13-16-30(37)20-28)39-34(25(4)5)36(43)40-32(22-41(8)9)35(42)38-21-26(6)18-29-15-11-12-17-33(29)44-23-24(2)3/h10-17,20,24-27,32,34,39H,18-19,21-23H2,1-9H3,(H,38,42)(H,40,43)/b31-10+/t26-,27+,32-,34+/m0/s1. The molecule has 2 rings (SSSR count). The first-order valence-corrected chi connectivity index (χ1v) is 15.9. The Hall–Kier alpha value is -3.39. The quantitative estimate of drug-likeness (QED) is 0.205. The van der Waals surface area contributed by atoms with E-state index in [1.54, 1.807) is 12.1 Å². The SMILES string of the molecule is C/C=C(/N[C@@H](C(=O)N[C@@H](CN(C)C)C(=O)NC[C@@H](C)Cc1ccccc1OCC(C)C)C(C)C)[C@H](C)Cc1cccc(F)c1. The van der Waals surface area contributed by atoms with Crippen LogP contribution in [0.1, 0.15) is 59.6 Å². The van der Waals surface area contributed by atoms with E-state index in [-0.39, 0.29) is 35.4 Å². The number of carbonyl (C=O) groups excluding carboxylic acids is 2. The van der Waals surface area contributed by atoms with E-state index in [4.69, 9.17) is 4.74 Å². The Morgan fingerprint density at radius 3 is 2.25 bits per heavy atom. The van der Waals surface area contributed by atoms with Crippen LogP contribution < -0.4 is 20.7 Å². The first-order valence-electron chi connectivity index (χ1n) is 15.9. The number of likely N-dealkylation sites (N-methyl/N-ethyl adjacent to an activating group) is 1. The number of nitrogens with zero attached hydrogens (tertiary/aromatic N) is 1. The predicted octanol–water partition coefficient (Wildman–Crippen LogP) is 5.60. The Balaban J connectivity index is 2.04. The third-order valence-corrected chi connectivity index (χ3v) is 7.46. The minimum atomic E-state index is -0.715. The molecule has 244 valence electrons. The van der Waals surface area contributed by atoms with Gasteiger partial charge in [-0.2, -0.15) is 0 Å². The average molecular weight is 611 g/mol. The van der Waals surface area contributed by atoms with Crippen LogP contribution in [-0.2, 0) is 22.4 Å². The topological polar surface area (TPSA) is 82.7 Å². The van der Waals surface area contributed by atoms with E-state index in [0.717, 1.165) is 29.0 Å². The molecule has 0 aromatic heterocycles. The maximum absolute atomic E-state index is 13.7. The molecule has 0 aliphatic carbocycles. The molecule has 7 nitrogen and oxygen atoms in total. The van der Waals surface area contributed by atoms with Gasteiger partial charge in [-0.3, -0.25) is 9.59 Å². The molecule has 2 amide bonds. The summed E-state index contributed by atoms with van der Waals surface area (Å²) in [5.41, 5.74) is 2.92. The number of halogens is 1. The molecule has 44 heavy (non-hydrogen) atoms. The molecule has 0 bridgehead atoms. The van der Waals surface area contributed by atoms with Crippen molar-refractivity contribution < 1.29 is 18.7 Å². The van der Waals surface area contributed by atoms with Gasteiger partial charge in [-0.1, -0.05) is 78.0 Å². The van der Waals surface area contributed by atoms with Gasteiger partial charge in [-0.05, 0) is 86.9 Å². The molecule has 0 fully saturated rings. The van der Waals surface area contributed by atoms with Crippen molar-refractivity contribution in [1.29, 1.82) is 0 Å². The number of carbonyl (C=O) groups is 2. The summed E-state index contributed by atoms with van der Waals surface area (Å²) < 4.78 is 19.8. The summed E-state index contributed by atoms with van der Waals surface area (Å²) >= 11 is 0. The summed E-state index contributed by atoms with van der Waals surface area (Å²) in [6.07, 6.45) is 3.36. The van der Waals surface area contributed by atoms with Crippen molar-refractivity contribution in [3.05, 3.63) is 77.2 Å². The van der Waals surface area contributed by atoms with Crippen LogP contribution in [0.5, 0.6) is 5.75 Å². The van der Waals surface area contributed by atoms with E-state index in [0.29, 0.717) is 32.0 Å². The van der Waals surface area contributed by atoms with E-state index >= 15 is 0 Å². The Labute approximate surface area is 265 Å². The van der Waals surface area contributed by atoms with Crippen LogP contribution in [0.15, 0.2) is 60.3 Å². The summed E-state index contributed by atoms with van der Waals surface area (Å²) in [5.74, 6) is 0.786. The van der Waals surface area contributed by atoms with Gasteiger partial charge in [-0.25, -0.2) is 4.39 Å². The second-order valence-corrected chi connectivity index (χ2v) is 13.0. The average Bonchev–Trinajstić information content (AvgIpc) is 2.95. The van der Waals surface area contributed by atoms with Gasteiger partial charge in [0.25, 0.3) is 0 Å². The number of ether oxygens (including phenoxy) is 1. The maximum atomic E-state index is 13.7. The van der Waals surface area contributed by atoms with Crippen LogP contribution in [0.25, 0.3) is 0 Å². The van der Waals surface area contributed by atoms with Crippen molar-refractivity contribution >= 4 is 11.8 Å². The number of amides is 2. The molecule has 8 heteroatoms. The number of allylic oxidation sites excluding steroid dienone is 2. The Morgan fingerprint density at radius 1 is 0.932 bits per heavy atom. The normalized spacial score (nSPS) is 14.7.